The predicted octanol–water partition coefficient (Wildman–Crippen LogP) is 2.07. The average Bonchev–Trinajstić information content (AvgIpc) is 2.71. The summed E-state index contributed by atoms with van der Waals surface area (Å²) < 4.78 is 26.4. The minimum absolute atomic E-state index is 0.136. The van der Waals surface area contributed by atoms with Gasteiger partial charge in [-0.25, -0.2) is 8.78 Å². The van der Waals surface area contributed by atoms with Crippen molar-refractivity contribution in [3.05, 3.63) is 35.4 Å². The van der Waals surface area contributed by atoms with Crippen molar-refractivity contribution in [1.82, 2.24) is 20.0 Å². The van der Waals surface area contributed by atoms with E-state index < -0.39 is 11.6 Å². The van der Waals surface area contributed by atoms with E-state index in [1.54, 1.807) is 6.07 Å². The number of carbonyl (C=O) groups is 1. The lowest BCUT2D eigenvalue weighted by molar-refractivity contribution is -0.122. The first-order valence-corrected chi connectivity index (χ1v) is 10.4. The molecule has 2 saturated heterocycles. The highest BCUT2D eigenvalue weighted by Crippen LogP contribution is 2.16. The number of hydrogen-bond donors (Lipinski definition) is 1. The Bertz CT molecular complexity index is 641. The summed E-state index contributed by atoms with van der Waals surface area (Å²) in [4.78, 5) is 19.3. The number of likely N-dealkylation sites (tertiary alicyclic amines) is 1. The van der Waals surface area contributed by atoms with Crippen LogP contribution in [0.3, 0.4) is 0 Å². The van der Waals surface area contributed by atoms with Crippen LogP contribution in [0, 0.1) is 11.6 Å². The molecule has 0 unspecified atom stereocenters. The van der Waals surface area contributed by atoms with Crippen LogP contribution in [0.25, 0.3) is 0 Å². The van der Waals surface area contributed by atoms with Crippen LogP contribution in [-0.4, -0.2) is 79.0 Å². The van der Waals surface area contributed by atoms with E-state index in [-0.39, 0.29) is 11.9 Å². The molecule has 1 amide bonds. The SMILES string of the molecule is CCN1CCN(CCC(=O)NC2CCN(Cc3ccc(F)c(F)c3)CC2)CC1. The lowest BCUT2D eigenvalue weighted by Crippen LogP contribution is -2.48. The van der Waals surface area contributed by atoms with E-state index >= 15 is 0 Å². The fraction of sp³-hybridized carbons (Fsp3) is 0.667. The van der Waals surface area contributed by atoms with Crippen molar-refractivity contribution in [3.63, 3.8) is 0 Å². The van der Waals surface area contributed by atoms with Crippen molar-refractivity contribution >= 4 is 5.91 Å². The Balaban J connectivity index is 1.32. The Morgan fingerprint density at radius 1 is 1.00 bits per heavy atom. The second-order valence-electron chi connectivity index (χ2n) is 7.89. The molecule has 1 aromatic carbocycles. The second kappa shape index (κ2) is 10.3. The maximum Gasteiger partial charge on any atom is 0.221 e. The monoisotopic (exact) mass is 394 g/mol. The largest absolute Gasteiger partial charge is 0.353 e. The molecule has 2 aliphatic rings. The predicted molar refractivity (Wildman–Crippen MR) is 106 cm³/mol. The van der Waals surface area contributed by atoms with Crippen LogP contribution < -0.4 is 5.32 Å². The fourth-order valence-corrected chi connectivity index (χ4v) is 4.02. The molecule has 3 rings (SSSR count). The summed E-state index contributed by atoms with van der Waals surface area (Å²) in [5.41, 5.74) is 0.782. The van der Waals surface area contributed by atoms with Gasteiger partial charge in [-0.05, 0) is 37.1 Å². The third-order valence-electron chi connectivity index (χ3n) is 5.91. The second-order valence-corrected chi connectivity index (χ2v) is 7.89. The van der Waals surface area contributed by atoms with E-state index in [1.165, 1.54) is 12.1 Å². The number of carbonyl (C=O) groups excluding carboxylic acids is 1. The van der Waals surface area contributed by atoms with Crippen molar-refractivity contribution in [2.45, 2.75) is 38.8 Å². The van der Waals surface area contributed by atoms with Crippen LogP contribution in [-0.2, 0) is 11.3 Å². The number of benzene rings is 1. The third-order valence-corrected chi connectivity index (χ3v) is 5.91. The molecule has 28 heavy (non-hydrogen) atoms. The van der Waals surface area contributed by atoms with Gasteiger partial charge in [-0.2, -0.15) is 0 Å². The van der Waals surface area contributed by atoms with Crippen LogP contribution in [0.1, 0.15) is 31.7 Å². The molecule has 156 valence electrons. The van der Waals surface area contributed by atoms with Gasteiger partial charge in [-0.15, -0.1) is 0 Å². The standard InChI is InChI=1S/C21H32F2N4O/c1-2-25-11-13-26(14-12-25)10-7-21(28)24-18-5-8-27(9-6-18)16-17-3-4-19(22)20(23)15-17/h3-4,15,18H,2,5-14,16H2,1H3,(H,24,28). The Hall–Kier alpha value is -1.57. The quantitative estimate of drug-likeness (QED) is 0.769. The summed E-state index contributed by atoms with van der Waals surface area (Å²) in [6.07, 6.45) is 2.34. The van der Waals surface area contributed by atoms with Crippen LogP contribution in [0.15, 0.2) is 18.2 Å². The number of piperidine rings is 1. The van der Waals surface area contributed by atoms with Gasteiger partial charge in [-0.3, -0.25) is 9.69 Å². The number of piperazine rings is 1. The van der Waals surface area contributed by atoms with E-state index in [2.05, 4.69) is 26.9 Å². The molecule has 0 bridgehead atoms. The van der Waals surface area contributed by atoms with Gasteiger partial charge in [0.25, 0.3) is 0 Å². The number of halogens is 2. The fourth-order valence-electron chi connectivity index (χ4n) is 4.02. The maximum absolute atomic E-state index is 13.3. The molecule has 0 aromatic heterocycles. The topological polar surface area (TPSA) is 38.8 Å². The van der Waals surface area contributed by atoms with Crippen molar-refractivity contribution in [1.29, 1.82) is 0 Å². The molecule has 1 aromatic rings. The summed E-state index contributed by atoms with van der Waals surface area (Å²) in [5.74, 6) is -1.47. The summed E-state index contributed by atoms with van der Waals surface area (Å²) >= 11 is 0. The molecule has 0 saturated carbocycles. The number of hydrogen-bond acceptors (Lipinski definition) is 4. The van der Waals surface area contributed by atoms with Crippen LogP contribution >= 0.6 is 0 Å². The highest BCUT2D eigenvalue weighted by Gasteiger charge is 2.22. The number of nitrogens with one attached hydrogen (secondary N) is 1. The maximum atomic E-state index is 13.3. The van der Waals surface area contributed by atoms with Crippen molar-refractivity contribution in [2.75, 3.05) is 52.4 Å². The van der Waals surface area contributed by atoms with Gasteiger partial charge in [0.15, 0.2) is 11.6 Å². The van der Waals surface area contributed by atoms with Gasteiger partial charge >= 0.3 is 0 Å². The van der Waals surface area contributed by atoms with E-state index in [0.29, 0.717) is 13.0 Å². The lowest BCUT2D eigenvalue weighted by Gasteiger charge is -2.34. The molecule has 0 atom stereocenters. The normalized spacial score (nSPS) is 20.4. The molecule has 0 spiro atoms. The molecule has 2 aliphatic heterocycles. The molecular weight excluding hydrogens is 362 g/mol. The van der Waals surface area contributed by atoms with E-state index in [4.69, 9.17) is 0 Å². The number of nitrogens with zero attached hydrogens (tertiary/aromatic N) is 3. The Kier molecular flexibility index (Phi) is 7.76. The van der Waals surface area contributed by atoms with Gasteiger partial charge in [0.05, 0.1) is 0 Å². The number of rotatable bonds is 7. The number of likely N-dealkylation sites (N-methyl/N-ethyl adjacent to an activating group) is 1. The van der Waals surface area contributed by atoms with Crippen molar-refractivity contribution < 1.29 is 13.6 Å². The minimum atomic E-state index is -0.808. The van der Waals surface area contributed by atoms with E-state index in [0.717, 1.165) is 70.8 Å². The smallest absolute Gasteiger partial charge is 0.221 e. The summed E-state index contributed by atoms with van der Waals surface area (Å²) in [5, 5.41) is 3.17. The van der Waals surface area contributed by atoms with Crippen LogP contribution in [0.2, 0.25) is 0 Å². The zero-order chi connectivity index (χ0) is 19.9. The highest BCUT2D eigenvalue weighted by atomic mass is 19.2. The first-order chi connectivity index (χ1) is 13.5. The Morgan fingerprint density at radius 2 is 1.68 bits per heavy atom. The molecule has 0 radical (unpaired) electrons. The van der Waals surface area contributed by atoms with Gasteiger partial charge in [0.1, 0.15) is 0 Å². The minimum Gasteiger partial charge on any atom is -0.353 e. The third kappa shape index (κ3) is 6.22. The van der Waals surface area contributed by atoms with Gasteiger partial charge in [0.2, 0.25) is 5.91 Å². The van der Waals surface area contributed by atoms with E-state index in [9.17, 15) is 13.6 Å². The molecule has 1 N–H and O–H groups in total. The summed E-state index contributed by atoms with van der Waals surface area (Å²) in [7, 11) is 0. The summed E-state index contributed by atoms with van der Waals surface area (Å²) in [6.45, 7) is 10.7. The zero-order valence-corrected chi connectivity index (χ0v) is 16.8. The number of amides is 1. The Morgan fingerprint density at radius 3 is 2.32 bits per heavy atom. The molecule has 0 aliphatic carbocycles. The van der Waals surface area contributed by atoms with Gasteiger partial charge in [-0.1, -0.05) is 13.0 Å². The zero-order valence-electron chi connectivity index (χ0n) is 16.8. The lowest BCUT2D eigenvalue weighted by atomic mass is 10.0. The van der Waals surface area contributed by atoms with Gasteiger partial charge < -0.3 is 15.1 Å². The van der Waals surface area contributed by atoms with Crippen molar-refractivity contribution in [2.24, 2.45) is 0 Å². The first kappa shape index (κ1) is 21.1. The summed E-state index contributed by atoms with van der Waals surface area (Å²) in [6, 6.07) is 4.29. The molecule has 5 nitrogen and oxygen atoms in total. The highest BCUT2D eigenvalue weighted by molar-refractivity contribution is 5.76. The molecule has 2 heterocycles. The molecule has 2 fully saturated rings. The Labute approximate surface area is 166 Å². The molecular formula is C21H32F2N4O. The van der Waals surface area contributed by atoms with Crippen LogP contribution in [0.5, 0.6) is 0 Å². The molecule has 7 heteroatoms. The van der Waals surface area contributed by atoms with Crippen LogP contribution in [0.4, 0.5) is 8.78 Å². The van der Waals surface area contributed by atoms with Crippen molar-refractivity contribution in [3.8, 4) is 0 Å². The average molecular weight is 395 g/mol. The first-order valence-electron chi connectivity index (χ1n) is 10.4. The van der Waals surface area contributed by atoms with Gasteiger partial charge in [0, 0.05) is 64.8 Å². The van der Waals surface area contributed by atoms with E-state index in [1.807, 2.05) is 0 Å².